The minimum atomic E-state index is 0.750. The topological polar surface area (TPSA) is 61.4 Å². The third-order valence-electron chi connectivity index (χ3n) is 4.26. The van der Waals surface area contributed by atoms with Crippen molar-refractivity contribution < 1.29 is 4.79 Å². The van der Waals surface area contributed by atoms with Crippen molar-refractivity contribution >= 4 is 18.2 Å². The molecular weight excluding hydrogens is 266 g/mol. The molecule has 0 spiro atoms. The fourth-order valence-electron chi connectivity index (χ4n) is 3.06. The molecule has 0 aromatic carbocycles. The molecular formula is C15H23N5O. The van der Waals surface area contributed by atoms with E-state index in [2.05, 4.69) is 17.1 Å². The van der Waals surface area contributed by atoms with Crippen molar-refractivity contribution in [3.05, 3.63) is 11.3 Å². The fourth-order valence-corrected chi connectivity index (χ4v) is 3.06. The molecule has 1 aliphatic heterocycles. The Kier molecular flexibility index (Phi) is 4.22. The summed E-state index contributed by atoms with van der Waals surface area (Å²) >= 11 is 0. The maximum Gasteiger partial charge on any atom is 0.227 e. The first-order valence-electron chi connectivity index (χ1n) is 7.89. The summed E-state index contributed by atoms with van der Waals surface area (Å²) in [6, 6.07) is 0. The van der Waals surface area contributed by atoms with Crippen LogP contribution in [0, 0.1) is 0 Å². The van der Waals surface area contributed by atoms with Gasteiger partial charge in [0.25, 0.3) is 0 Å². The van der Waals surface area contributed by atoms with Crippen LogP contribution in [0.3, 0.4) is 0 Å². The van der Waals surface area contributed by atoms with Gasteiger partial charge in [0.2, 0.25) is 12.4 Å². The highest BCUT2D eigenvalue weighted by Crippen LogP contribution is 2.27. The van der Waals surface area contributed by atoms with Gasteiger partial charge in [0.05, 0.1) is 5.69 Å². The first-order valence-corrected chi connectivity index (χ1v) is 7.89. The molecule has 1 aromatic heterocycles. The number of piperazine rings is 1. The number of amides is 1. The Labute approximate surface area is 125 Å². The molecule has 21 heavy (non-hydrogen) atoms. The first-order chi connectivity index (χ1) is 10.3. The van der Waals surface area contributed by atoms with Crippen LogP contribution in [-0.2, 0) is 17.6 Å². The van der Waals surface area contributed by atoms with Gasteiger partial charge in [0.15, 0.2) is 0 Å². The molecule has 1 aromatic rings. The SMILES string of the molecule is CCNc1nc(N2CCN(C=O)CC2)nc2c1CCCC2. The third kappa shape index (κ3) is 2.94. The molecule has 2 heterocycles. The van der Waals surface area contributed by atoms with Crippen LogP contribution >= 0.6 is 0 Å². The average molecular weight is 289 g/mol. The Morgan fingerprint density at radius 2 is 1.90 bits per heavy atom. The maximum absolute atomic E-state index is 10.8. The Hall–Kier alpha value is -1.85. The number of aryl methyl sites for hydroxylation is 1. The number of aromatic nitrogens is 2. The van der Waals surface area contributed by atoms with E-state index in [1.54, 1.807) is 4.90 Å². The quantitative estimate of drug-likeness (QED) is 0.840. The molecule has 1 fully saturated rings. The number of hydrogen-bond donors (Lipinski definition) is 1. The summed E-state index contributed by atoms with van der Waals surface area (Å²) in [4.78, 5) is 24.3. The van der Waals surface area contributed by atoms with Gasteiger partial charge in [0, 0.05) is 38.3 Å². The number of carbonyl (C=O) groups is 1. The van der Waals surface area contributed by atoms with Gasteiger partial charge < -0.3 is 15.1 Å². The molecule has 114 valence electrons. The van der Waals surface area contributed by atoms with Crippen LogP contribution in [0.5, 0.6) is 0 Å². The Morgan fingerprint density at radius 1 is 1.14 bits per heavy atom. The molecule has 1 amide bonds. The molecule has 0 saturated carbocycles. The van der Waals surface area contributed by atoms with E-state index >= 15 is 0 Å². The molecule has 1 N–H and O–H groups in total. The second kappa shape index (κ2) is 6.28. The maximum atomic E-state index is 10.8. The van der Waals surface area contributed by atoms with E-state index in [0.717, 1.165) is 63.7 Å². The first kappa shape index (κ1) is 14.1. The van der Waals surface area contributed by atoms with Crippen molar-refractivity contribution in [2.45, 2.75) is 32.6 Å². The van der Waals surface area contributed by atoms with Gasteiger partial charge in [-0.2, -0.15) is 4.98 Å². The number of carbonyl (C=O) groups excluding carboxylic acids is 1. The summed E-state index contributed by atoms with van der Waals surface area (Å²) in [5.74, 6) is 1.83. The highest BCUT2D eigenvalue weighted by Gasteiger charge is 2.22. The monoisotopic (exact) mass is 289 g/mol. The smallest absolute Gasteiger partial charge is 0.227 e. The van der Waals surface area contributed by atoms with E-state index in [9.17, 15) is 4.79 Å². The average Bonchev–Trinajstić information content (AvgIpc) is 2.55. The summed E-state index contributed by atoms with van der Waals surface area (Å²) < 4.78 is 0. The van der Waals surface area contributed by atoms with Crippen LogP contribution in [0.2, 0.25) is 0 Å². The zero-order valence-corrected chi connectivity index (χ0v) is 12.6. The largest absolute Gasteiger partial charge is 0.370 e. The van der Waals surface area contributed by atoms with Gasteiger partial charge in [-0.05, 0) is 32.6 Å². The molecule has 3 rings (SSSR count). The summed E-state index contributed by atoms with van der Waals surface area (Å²) in [6.45, 7) is 6.09. The summed E-state index contributed by atoms with van der Waals surface area (Å²) in [7, 11) is 0. The van der Waals surface area contributed by atoms with Crippen LogP contribution in [0.25, 0.3) is 0 Å². The van der Waals surface area contributed by atoms with E-state index in [1.165, 1.54) is 24.1 Å². The number of nitrogens with zero attached hydrogens (tertiary/aromatic N) is 4. The Bertz CT molecular complexity index is 511. The number of hydrogen-bond acceptors (Lipinski definition) is 5. The van der Waals surface area contributed by atoms with Crippen molar-refractivity contribution in [1.29, 1.82) is 0 Å². The number of rotatable bonds is 4. The van der Waals surface area contributed by atoms with Gasteiger partial charge in [-0.15, -0.1) is 0 Å². The second-order valence-electron chi connectivity index (χ2n) is 5.66. The van der Waals surface area contributed by atoms with Crippen molar-refractivity contribution in [3.8, 4) is 0 Å². The van der Waals surface area contributed by atoms with Crippen LogP contribution in [0.1, 0.15) is 31.0 Å². The predicted octanol–water partition coefficient (Wildman–Crippen LogP) is 1.07. The minimum absolute atomic E-state index is 0.750. The highest BCUT2D eigenvalue weighted by molar-refractivity contribution is 5.53. The van der Waals surface area contributed by atoms with Crippen LogP contribution in [0.15, 0.2) is 0 Å². The highest BCUT2D eigenvalue weighted by atomic mass is 16.1. The normalized spacial score (nSPS) is 18.3. The Balaban J connectivity index is 1.85. The van der Waals surface area contributed by atoms with E-state index in [4.69, 9.17) is 9.97 Å². The van der Waals surface area contributed by atoms with Crippen LogP contribution in [0.4, 0.5) is 11.8 Å². The van der Waals surface area contributed by atoms with E-state index in [0.29, 0.717) is 0 Å². The number of nitrogens with one attached hydrogen (secondary N) is 1. The molecule has 0 unspecified atom stereocenters. The van der Waals surface area contributed by atoms with E-state index in [1.807, 2.05) is 0 Å². The van der Waals surface area contributed by atoms with Gasteiger partial charge in [0.1, 0.15) is 5.82 Å². The Morgan fingerprint density at radius 3 is 2.62 bits per heavy atom. The molecule has 1 aliphatic carbocycles. The molecule has 0 atom stereocenters. The van der Waals surface area contributed by atoms with Crippen molar-refractivity contribution in [3.63, 3.8) is 0 Å². The summed E-state index contributed by atoms with van der Waals surface area (Å²) in [6.07, 6.45) is 5.50. The lowest BCUT2D eigenvalue weighted by atomic mass is 9.96. The van der Waals surface area contributed by atoms with Gasteiger partial charge in [-0.1, -0.05) is 0 Å². The van der Waals surface area contributed by atoms with Gasteiger partial charge >= 0.3 is 0 Å². The predicted molar refractivity (Wildman–Crippen MR) is 82.7 cm³/mol. The van der Waals surface area contributed by atoms with Gasteiger partial charge in [-0.25, -0.2) is 4.98 Å². The van der Waals surface area contributed by atoms with Crippen LogP contribution < -0.4 is 10.2 Å². The molecule has 6 nitrogen and oxygen atoms in total. The van der Waals surface area contributed by atoms with E-state index in [-0.39, 0.29) is 0 Å². The second-order valence-corrected chi connectivity index (χ2v) is 5.66. The molecule has 2 aliphatic rings. The lowest BCUT2D eigenvalue weighted by molar-refractivity contribution is -0.118. The fraction of sp³-hybridized carbons (Fsp3) is 0.667. The molecule has 6 heteroatoms. The lowest BCUT2D eigenvalue weighted by Crippen LogP contribution is -2.46. The molecule has 0 bridgehead atoms. The molecule has 1 saturated heterocycles. The van der Waals surface area contributed by atoms with Crippen molar-refractivity contribution in [2.75, 3.05) is 42.9 Å². The van der Waals surface area contributed by atoms with Crippen molar-refractivity contribution in [1.82, 2.24) is 14.9 Å². The minimum Gasteiger partial charge on any atom is -0.370 e. The van der Waals surface area contributed by atoms with Crippen LogP contribution in [-0.4, -0.2) is 54.0 Å². The number of anilines is 2. The van der Waals surface area contributed by atoms with Crippen molar-refractivity contribution in [2.24, 2.45) is 0 Å². The third-order valence-corrected chi connectivity index (χ3v) is 4.26. The summed E-state index contributed by atoms with van der Waals surface area (Å²) in [5.41, 5.74) is 2.51. The zero-order chi connectivity index (χ0) is 14.7. The van der Waals surface area contributed by atoms with Gasteiger partial charge in [-0.3, -0.25) is 4.79 Å². The summed E-state index contributed by atoms with van der Waals surface area (Å²) in [5, 5.41) is 3.39. The van der Waals surface area contributed by atoms with E-state index < -0.39 is 0 Å². The standard InChI is InChI=1S/C15H23N5O/c1-2-16-14-12-5-3-4-6-13(12)17-15(18-14)20-9-7-19(11-21)8-10-20/h11H,2-10H2,1H3,(H,16,17,18). The lowest BCUT2D eigenvalue weighted by Gasteiger charge is -2.33. The number of fused-ring (bicyclic) bond motifs is 1. The molecule has 0 radical (unpaired) electrons. The zero-order valence-electron chi connectivity index (χ0n) is 12.6.